The summed E-state index contributed by atoms with van der Waals surface area (Å²) in [5.41, 5.74) is 4.07. The topological polar surface area (TPSA) is 49.4 Å². The molecule has 4 nitrogen and oxygen atoms in total. The number of nitrogens with zero attached hydrogens (tertiary/aromatic N) is 1. The van der Waals surface area contributed by atoms with Crippen LogP contribution < -0.4 is 5.32 Å². The molecule has 1 aromatic carbocycles. The van der Waals surface area contributed by atoms with Crippen LogP contribution in [0.3, 0.4) is 0 Å². The van der Waals surface area contributed by atoms with Crippen molar-refractivity contribution in [1.29, 1.82) is 0 Å². The van der Waals surface area contributed by atoms with Crippen molar-refractivity contribution in [3.63, 3.8) is 0 Å². The Morgan fingerprint density at radius 3 is 2.48 bits per heavy atom. The van der Waals surface area contributed by atoms with Crippen LogP contribution in [0, 0.1) is 20.8 Å². The van der Waals surface area contributed by atoms with Crippen molar-refractivity contribution < 1.29 is 9.59 Å². The molecular weight excluding hydrogens is 352 g/mol. The van der Waals surface area contributed by atoms with Crippen molar-refractivity contribution in [1.82, 2.24) is 4.90 Å². The van der Waals surface area contributed by atoms with Crippen LogP contribution in [-0.4, -0.2) is 36.1 Å². The highest BCUT2D eigenvalue weighted by Crippen LogP contribution is 2.22. The van der Waals surface area contributed by atoms with Gasteiger partial charge in [-0.1, -0.05) is 23.8 Å². The van der Waals surface area contributed by atoms with Gasteiger partial charge in [0.05, 0.1) is 12.3 Å². The van der Waals surface area contributed by atoms with Gasteiger partial charge in [-0.2, -0.15) is 0 Å². The zero-order chi connectivity index (χ0) is 18.4. The summed E-state index contributed by atoms with van der Waals surface area (Å²) in [4.78, 5) is 27.2. The van der Waals surface area contributed by atoms with E-state index in [9.17, 15) is 9.59 Å². The summed E-state index contributed by atoms with van der Waals surface area (Å²) in [6.07, 6.45) is 0. The summed E-state index contributed by atoms with van der Waals surface area (Å²) in [6.45, 7) is 6.05. The number of rotatable bonds is 7. The van der Waals surface area contributed by atoms with Crippen LogP contribution >= 0.6 is 23.1 Å². The SMILES string of the molecule is Cc1cc(C)c(NC(=O)CN(C)C(=O)CSCc2cccs2)c(C)c1. The number of nitrogens with one attached hydrogen (secondary N) is 1. The number of thiophene rings is 1. The molecule has 2 amide bonds. The fourth-order valence-electron chi connectivity index (χ4n) is 2.60. The maximum atomic E-state index is 12.3. The maximum Gasteiger partial charge on any atom is 0.243 e. The number of amides is 2. The predicted octanol–water partition coefficient (Wildman–Crippen LogP) is 4.00. The van der Waals surface area contributed by atoms with Gasteiger partial charge in [0.15, 0.2) is 0 Å². The van der Waals surface area contributed by atoms with Gasteiger partial charge in [-0.05, 0) is 43.3 Å². The zero-order valence-corrected chi connectivity index (χ0v) is 16.7. The van der Waals surface area contributed by atoms with Crippen LogP contribution in [-0.2, 0) is 15.3 Å². The third-order valence-corrected chi connectivity index (χ3v) is 5.82. The molecule has 0 aliphatic rings. The number of carbonyl (C=O) groups is 2. The van der Waals surface area contributed by atoms with E-state index >= 15 is 0 Å². The summed E-state index contributed by atoms with van der Waals surface area (Å²) in [7, 11) is 1.67. The lowest BCUT2D eigenvalue weighted by Crippen LogP contribution is -2.36. The average Bonchev–Trinajstić information content (AvgIpc) is 3.04. The molecule has 0 saturated heterocycles. The van der Waals surface area contributed by atoms with Crippen LogP contribution in [0.2, 0.25) is 0 Å². The number of hydrogen-bond donors (Lipinski definition) is 1. The van der Waals surface area contributed by atoms with E-state index < -0.39 is 0 Å². The van der Waals surface area contributed by atoms with Crippen molar-refractivity contribution in [3.05, 3.63) is 51.2 Å². The molecule has 0 bridgehead atoms. The molecule has 0 spiro atoms. The van der Waals surface area contributed by atoms with E-state index in [-0.39, 0.29) is 18.4 Å². The highest BCUT2D eigenvalue weighted by Gasteiger charge is 2.15. The van der Waals surface area contributed by atoms with Crippen LogP contribution in [0.1, 0.15) is 21.6 Å². The molecule has 134 valence electrons. The van der Waals surface area contributed by atoms with Gasteiger partial charge in [0.25, 0.3) is 0 Å². The van der Waals surface area contributed by atoms with Gasteiger partial charge in [-0.25, -0.2) is 0 Å². The third kappa shape index (κ3) is 5.90. The number of hydrogen-bond acceptors (Lipinski definition) is 4. The molecule has 0 atom stereocenters. The number of aryl methyl sites for hydroxylation is 3. The van der Waals surface area contributed by atoms with Gasteiger partial charge in [0.1, 0.15) is 0 Å². The quantitative estimate of drug-likeness (QED) is 0.794. The molecule has 0 radical (unpaired) electrons. The lowest BCUT2D eigenvalue weighted by atomic mass is 10.1. The molecule has 6 heteroatoms. The van der Waals surface area contributed by atoms with E-state index in [1.165, 1.54) is 15.3 Å². The van der Waals surface area contributed by atoms with Gasteiger partial charge < -0.3 is 10.2 Å². The van der Waals surface area contributed by atoms with Crippen LogP contribution in [0.5, 0.6) is 0 Å². The van der Waals surface area contributed by atoms with Gasteiger partial charge in [-0.3, -0.25) is 9.59 Å². The second-order valence-corrected chi connectivity index (χ2v) is 8.16. The van der Waals surface area contributed by atoms with E-state index in [0.29, 0.717) is 5.75 Å². The lowest BCUT2D eigenvalue weighted by Gasteiger charge is -2.18. The minimum Gasteiger partial charge on any atom is -0.336 e. The fourth-order valence-corrected chi connectivity index (χ4v) is 4.41. The van der Waals surface area contributed by atoms with Crippen molar-refractivity contribution in [3.8, 4) is 0 Å². The number of benzene rings is 1. The van der Waals surface area contributed by atoms with Gasteiger partial charge >= 0.3 is 0 Å². The van der Waals surface area contributed by atoms with Gasteiger partial charge in [0, 0.05) is 23.4 Å². The largest absolute Gasteiger partial charge is 0.336 e. The Hall–Kier alpha value is -1.79. The Balaban J connectivity index is 1.82. The molecule has 2 rings (SSSR count). The number of thioether (sulfide) groups is 1. The third-order valence-electron chi connectivity index (χ3n) is 3.80. The average molecular weight is 377 g/mol. The molecular formula is C19H24N2O2S2. The standard InChI is InChI=1S/C19H24N2O2S2/c1-13-8-14(2)19(15(3)9-13)20-17(22)10-21(4)18(23)12-24-11-16-6-5-7-25-16/h5-9H,10-12H2,1-4H3,(H,20,22). The normalized spacial score (nSPS) is 10.6. The first-order valence-electron chi connectivity index (χ1n) is 8.08. The molecule has 0 unspecified atom stereocenters. The summed E-state index contributed by atoms with van der Waals surface area (Å²) in [5, 5.41) is 4.96. The number of anilines is 1. The Kier molecular flexibility index (Phi) is 7.08. The minimum atomic E-state index is -0.172. The van der Waals surface area contributed by atoms with E-state index in [1.54, 1.807) is 30.1 Å². The second-order valence-electron chi connectivity index (χ2n) is 6.14. The summed E-state index contributed by atoms with van der Waals surface area (Å²) >= 11 is 3.26. The first-order chi connectivity index (χ1) is 11.9. The summed E-state index contributed by atoms with van der Waals surface area (Å²) < 4.78 is 0. The fraction of sp³-hybridized carbons (Fsp3) is 0.368. The molecule has 0 fully saturated rings. The Labute approximate surface area is 157 Å². The molecule has 1 N–H and O–H groups in total. The van der Waals surface area contributed by atoms with Crippen molar-refractivity contribution in [2.24, 2.45) is 0 Å². The Morgan fingerprint density at radius 1 is 1.20 bits per heavy atom. The highest BCUT2D eigenvalue weighted by atomic mass is 32.2. The van der Waals surface area contributed by atoms with Gasteiger partial charge in [0.2, 0.25) is 11.8 Å². The molecule has 0 aliphatic heterocycles. The van der Waals surface area contributed by atoms with Crippen LogP contribution in [0.4, 0.5) is 5.69 Å². The molecule has 1 heterocycles. The second kappa shape index (κ2) is 9.06. The highest BCUT2D eigenvalue weighted by molar-refractivity contribution is 7.99. The molecule has 0 aliphatic carbocycles. The van der Waals surface area contributed by atoms with E-state index in [0.717, 1.165) is 22.6 Å². The maximum absolute atomic E-state index is 12.3. The summed E-state index contributed by atoms with van der Waals surface area (Å²) in [5.74, 6) is 0.998. The monoisotopic (exact) mass is 376 g/mol. The summed E-state index contributed by atoms with van der Waals surface area (Å²) in [6, 6.07) is 8.15. The minimum absolute atomic E-state index is 0.0333. The lowest BCUT2D eigenvalue weighted by molar-refractivity contribution is -0.131. The number of likely N-dealkylation sites (N-methyl/N-ethyl adjacent to an activating group) is 1. The van der Waals surface area contributed by atoms with E-state index in [2.05, 4.69) is 11.4 Å². The van der Waals surface area contributed by atoms with E-state index in [1.807, 2.05) is 44.4 Å². The van der Waals surface area contributed by atoms with Crippen LogP contribution in [0.15, 0.2) is 29.6 Å². The predicted molar refractivity (Wildman–Crippen MR) is 107 cm³/mol. The van der Waals surface area contributed by atoms with Crippen LogP contribution in [0.25, 0.3) is 0 Å². The number of carbonyl (C=O) groups excluding carboxylic acids is 2. The molecule has 1 aromatic heterocycles. The first kappa shape index (κ1) is 19.5. The van der Waals surface area contributed by atoms with Crippen molar-refractivity contribution in [2.45, 2.75) is 26.5 Å². The van der Waals surface area contributed by atoms with Crippen molar-refractivity contribution in [2.75, 3.05) is 24.7 Å². The molecule has 25 heavy (non-hydrogen) atoms. The first-order valence-corrected chi connectivity index (χ1v) is 10.1. The Bertz CT molecular complexity index is 719. The Morgan fingerprint density at radius 2 is 1.88 bits per heavy atom. The molecule has 0 saturated carbocycles. The van der Waals surface area contributed by atoms with Crippen molar-refractivity contribution >= 4 is 40.6 Å². The van der Waals surface area contributed by atoms with Gasteiger partial charge in [-0.15, -0.1) is 23.1 Å². The van der Waals surface area contributed by atoms with E-state index in [4.69, 9.17) is 0 Å². The zero-order valence-electron chi connectivity index (χ0n) is 15.1. The smallest absolute Gasteiger partial charge is 0.243 e. The molecule has 2 aromatic rings.